The number of hydrogen-bond donors (Lipinski definition) is 10. The van der Waals surface area contributed by atoms with Crippen molar-refractivity contribution in [1.82, 2.24) is 31.6 Å². The van der Waals surface area contributed by atoms with Crippen LogP contribution in [-0.2, 0) is 41.6 Å². The second-order valence-corrected chi connectivity index (χ2v) is 13.8. The first-order valence-electron chi connectivity index (χ1n) is 16.5. The molecular weight excluding hydrogens is 696 g/mol. The molecule has 18 heteroatoms. The fraction of sp³-hybridized carbons (Fsp3) is 0.441. The molecule has 0 aliphatic heterocycles. The Morgan fingerprint density at radius 2 is 1.46 bits per heavy atom. The fourth-order valence-electron chi connectivity index (χ4n) is 5.15. The van der Waals surface area contributed by atoms with Crippen LogP contribution in [0.5, 0.6) is 0 Å². The van der Waals surface area contributed by atoms with E-state index in [2.05, 4.69) is 31.6 Å². The van der Waals surface area contributed by atoms with E-state index in [1.165, 1.54) is 18.3 Å². The summed E-state index contributed by atoms with van der Waals surface area (Å²) < 4.78 is 0.819. The Morgan fingerprint density at radius 3 is 2.08 bits per heavy atom. The van der Waals surface area contributed by atoms with Crippen LogP contribution in [0.1, 0.15) is 38.3 Å². The number of fused-ring (bicyclic) bond motifs is 1. The number of aliphatic hydroxyl groups is 2. The van der Waals surface area contributed by atoms with Gasteiger partial charge in [0, 0.05) is 6.42 Å². The SMILES string of the molecule is CC(C)C[C@H](NC(=O)[C@H](Cc1ccccc1)NC(=O)CNC(=O)[C@H](CO)NC(=O)[C@@H](N)Cc1ccc2nc(N)sc2c1)C(=O)N[C@H](C(=O)O)[C@@H](C)O. The monoisotopic (exact) mass is 742 g/mol. The van der Waals surface area contributed by atoms with Crippen molar-refractivity contribution in [2.24, 2.45) is 11.7 Å². The molecule has 0 fully saturated rings. The molecule has 282 valence electrons. The van der Waals surface area contributed by atoms with E-state index in [4.69, 9.17) is 11.5 Å². The van der Waals surface area contributed by atoms with Gasteiger partial charge in [0.25, 0.3) is 0 Å². The van der Waals surface area contributed by atoms with E-state index < -0.39 is 85.0 Å². The highest BCUT2D eigenvalue weighted by atomic mass is 32.1. The number of carboxylic acid groups (broad SMARTS) is 1. The van der Waals surface area contributed by atoms with E-state index >= 15 is 0 Å². The molecule has 1 aromatic heterocycles. The van der Waals surface area contributed by atoms with Gasteiger partial charge in [0.15, 0.2) is 11.2 Å². The number of carbonyl (C=O) groups excluding carboxylic acids is 5. The van der Waals surface area contributed by atoms with Gasteiger partial charge in [0.2, 0.25) is 29.5 Å². The molecule has 52 heavy (non-hydrogen) atoms. The lowest BCUT2D eigenvalue weighted by molar-refractivity contribution is -0.145. The number of nitrogen functional groups attached to an aromatic ring is 1. The summed E-state index contributed by atoms with van der Waals surface area (Å²) in [7, 11) is 0. The van der Waals surface area contributed by atoms with Crippen molar-refractivity contribution >= 4 is 62.2 Å². The zero-order chi connectivity index (χ0) is 38.5. The van der Waals surface area contributed by atoms with Crippen LogP contribution < -0.4 is 38.1 Å². The highest BCUT2D eigenvalue weighted by Crippen LogP contribution is 2.25. The molecule has 0 saturated carbocycles. The predicted octanol–water partition coefficient (Wildman–Crippen LogP) is -1.45. The van der Waals surface area contributed by atoms with Gasteiger partial charge in [-0.2, -0.15) is 0 Å². The quantitative estimate of drug-likeness (QED) is 0.0675. The lowest BCUT2D eigenvalue weighted by atomic mass is 10.0. The van der Waals surface area contributed by atoms with Crippen LogP contribution in [0.3, 0.4) is 0 Å². The van der Waals surface area contributed by atoms with E-state index in [1.807, 2.05) is 6.07 Å². The van der Waals surface area contributed by atoms with Crippen LogP contribution in [0.4, 0.5) is 5.13 Å². The number of anilines is 1. The van der Waals surface area contributed by atoms with Gasteiger partial charge in [-0.05, 0) is 48.9 Å². The number of aliphatic carboxylic acids is 1. The summed E-state index contributed by atoms with van der Waals surface area (Å²) in [5.74, 6) is -5.58. The standard InChI is InChI=1S/C34H46N8O9S/c1-17(2)11-23(32(49)42-28(18(3)44)33(50)51)39-31(48)24(13-19-7-5-4-6-8-19)38-27(45)15-37-30(47)25(16-43)40-29(46)21(35)12-20-9-10-22-26(14-20)52-34(36)41-22/h4-10,14,17-18,21,23-25,28,43-44H,11-13,15-16,35H2,1-3H3,(H2,36,41)(H,37,47)(H,38,45)(H,39,48)(H,40,46)(H,42,49)(H,50,51)/t18-,21+,23+,24+,25+,28+/m1/s1. The summed E-state index contributed by atoms with van der Waals surface area (Å²) in [6, 6.07) is 7.39. The van der Waals surface area contributed by atoms with Gasteiger partial charge in [0.05, 0.1) is 35.5 Å². The number of nitrogens with zero attached hydrogens (tertiary/aromatic N) is 1. The molecular formula is C34H46N8O9S. The van der Waals surface area contributed by atoms with E-state index in [0.717, 1.165) is 10.3 Å². The molecule has 2 aromatic carbocycles. The molecule has 5 amide bonds. The van der Waals surface area contributed by atoms with E-state index in [0.29, 0.717) is 16.2 Å². The molecule has 0 aliphatic carbocycles. The van der Waals surface area contributed by atoms with Gasteiger partial charge >= 0.3 is 5.97 Å². The average Bonchev–Trinajstić information content (AvgIpc) is 3.46. The van der Waals surface area contributed by atoms with Crippen molar-refractivity contribution in [2.75, 3.05) is 18.9 Å². The maximum absolute atomic E-state index is 13.5. The molecule has 0 aliphatic rings. The Labute approximate surface area is 303 Å². The smallest absolute Gasteiger partial charge is 0.328 e. The Balaban J connectivity index is 1.63. The fourth-order valence-corrected chi connectivity index (χ4v) is 5.94. The van der Waals surface area contributed by atoms with Gasteiger partial charge in [-0.3, -0.25) is 24.0 Å². The summed E-state index contributed by atoms with van der Waals surface area (Å²) in [5.41, 5.74) is 13.9. The third kappa shape index (κ3) is 12.6. The van der Waals surface area contributed by atoms with Crippen LogP contribution in [-0.4, -0.2) is 105 Å². The molecule has 6 atom stereocenters. The lowest BCUT2D eigenvalue weighted by Gasteiger charge is -2.26. The maximum Gasteiger partial charge on any atom is 0.328 e. The number of carbonyl (C=O) groups is 6. The number of benzene rings is 2. The summed E-state index contributed by atoms with van der Waals surface area (Å²) in [5, 5.41) is 41.5. The predicted molar refractivity (Wildman–Crippen MR) is 192 cm³/mol. The van der Waals surface area contributed by atoms with Crippen molar-refractivity contribution in [3.05, 3.63) is 59.7 Å². The summed E-state index contributed by atoms with van der Waals surface area (Å²) in [4.78, 5) is 81.0. The largest absolute Gasteiger partial charge is 0.480 e. The molecule has 0 bridgehead atoms. The van der Waals surface area contributed by atoms with Gasteiger partial charge in [-0.1, -0.05) is 61.6 Å². The summed E-state index contributed by atoms with van der Waals surface area (Å²) in [6.45, 7) is 3.34. The first-order valence-corrected chi connectivity index (χ1v) is 17.3. The minimum Gasteiger partial charge on any atom is -0.480 e. The molecule has 3 aromatic rings. The van der Waals surface area contributed by atoms with Crippen molar-refractivity contribution < 1.29 is 44.1 Å². The third-order valence-electron chi connectivity index (χ3n) is 7.82. The average molecular weight is 743 g/mol. The minimum absolute atomic E-state index is 0.00959. The van der Waals surface area contributed by atoms with Gasteiger partial charge in [-0.15, -0.1) is 0 Å². The number of nitrogens with one attached hydrogen (secondary N) is 5. The Hall–Kier alpha value is -5.17. The number of amides is 5. The molecule has 0 saturated heterocycles. The molecule has 0 radical (unpaired) electrons. The first-order chi connectivity index (χ1) is 24.6. The normalized spacial score (nSPS) is 14.7. The number of aliphatic hydroxyl groups excluding tert-OH is 2. The van der Waals surface area contributed by atoms with Crippen LogP contribution in [0.25, 0.3) is 10.2 Å². The Bertz CT molecular complexity index is 1720. The van der Waals surface area contributed by atoms with Gasteiger partial charge < -0.3 is 53.4 Å². The molecule has 3 rings (SSSR count). The van der Waals surface area contributed by atoms with E-state index in [1.54, 1.807) is 56.3 Å². The second kappa shape index (κ2) is 19.4. The highest BCUT2D eigenvalue weighted by molar-refractivity contribution is 7.22. The molecule has 12 N–H and O–H groups in total. The second-order valence-electron chi connectivity index (χ2n) is 12.7. The van der Waals surface area contributed by atoms with Crippen LogP contribution in [0.15, 0.2) is 48.5 Å². The van der Waals surface area contributed by atoms with E-state index in [-0.39, 0.29) is 25.2 Å². The van der Waals surface area contributed by atoms with Crippen molar-refractivity contribution in [3.8, 4) is 0 Å². The third-order valence-corrected chi connectivity index (χ3v) is 8.67. The Morgan fingerprint density at radius 1 is 0.808 bits per heavy atom. The number of hydrogen-bond acceptors (Lipinski definition) is 12. The summed E-state index contributed by atoms with van der Waals surface area (Å²) >= 11 is 1.28. The van der Waals surface area contributed by atoms with Crippen LogP contribution in [0, 0.1) is 5.92 Å². The molecule has 17 nitrogen and oxygen atoms in total. The number of thiazole rings is 1. The molecule has 1 heterocycles. The maximum atomic E-state index is 13.5. The van der Waals surface area contributed by atoms with Crippen molar-refractivity contribution in [3.63, 3.8) is 0 Å². The number of aromatic nitrogens is 1. The van der Waals surface area contributed by atoms with E-state index in [9.17, 15) is 44.1 Å². The van der Waals surface area contributed by atoms with Crippen molar-refractivity contribution in [1.29, 1.82) is 0 Å². The topological polar surface area (TPSA) is 288 Å². The highest BCUT2D eigenvalue weighted by Gasteiger charge is 2.32. The first kappa shape index (κ1) is 41.3. The van der Waals surface area contributed by atoms with Crippen molar-refractivity contribution in [2.45, 2.75) is 76.3 Å². The molecule has 0 unspecified atom stereocenters. The zero-order valence-electron chi connectivity index (χ0n) is 29.0. The van der Waals surface area contributed by atoms with Crippen LogP contribution in [0.2, 0.25) is 0 Å². The van der Waals surface area contributed by atoms with Gasteiger partial charge in [0.1, 0.15) is 18.1 Å². The number of rotatable bonds is 19. The Kier molecular flexibility index (Phi) is 15.4. The number of carboxylic acids is 1. The number of nitrogens with two attached hydrogens (primary N) is 2. The van der Waals surface area contributed by atoms with Crippen LogP contribution >= 0.6 is 11.3 Å². The lowest BCUT2D eigenvalue weighted by Crippen LogP contribution is -2.58. The zero-order valence-corrected chi connectivity index (χ0v) is 29.8. The molecule has 0 spiro atoms. The summed E-state index contributed by atoms with van der Waals surface area (Å²) in [6.07, 6.45) is -1.20. The van der Waals surface area contributed by atoms with Gasteiger partial charge in [-0.25, -0.2) is 9.78 Å². The minimum atomic E-state index is -1.62.